The Morgan fingerprint density at radius 2 is 1.53 bits per heavy atom. The minimum absolute atomic E-state index is 0.0460. The molecule has 5 nitrogen and oxygen atoms in total. The number of ether oxygens (including phenoxy) is 2. The van der Waals surface area contributed by atoms with Gasteiger partial charge in [0.15, 0.2) is 11.5 Å². The molecule has 108 valence electrons. The van der Waals surface area contributed by atoms with Crippen molar-refractivity contribution in [2.75, 3.05) is 48.5 Å². The lowest BCUT2D eigenvalue weighted by molar-refractivity contribution is 0.275. The first-order chi connectivity index (χ1) is 8.97. The van der Waals surface area contributed by atoms with E-state index in [1.807, 2.05) is 12.1 Å². The summed E-state index contributed by atoms with van der Waals surface area (Å²) in [4.78, 5) is 4.36. The average molecular weight is 268 g/mol. The molecule has 19 heavy (non-hydrogen) atoms. The summed E-state index contributed by atoms with van der Waals surface area (Å²) < 4.78 is 10.3. The number of benzene rings is 1. The maximum atomic E-state index is 9.85. The van der Waals surface area contributed by atoms with Crippen molar-refractivity contribution in [2.45, 2.75) is 6.54 Å². The Morgan fingerprint density at radius 3 is 1.95 bits per heavy atom. The largest absolute Gasteiger partial charge is 0.502 e. The second-order valence-electron chi connectivity index (χ2n) is 4.89. The predicted octanol–water partition coefficient (Wildman–Crippen LogP) is 1.40. The third kappa shape index (κ3) is 4.61. The van der Waals surface area contributed by atoms with Crippen molar-refractivity contribution in [3.63, 3.8) is 0 Å². The van der Waals surface area contributed by atoms with E-state index in [0.717, 1.165) is 25.2 Å². The minimum Gasteiger partial charge on any atom is -0.502 e. The number of nitrogens with zero attached hydrogens (tertiary/aromatic N) is 2. The highest BCUT2D eigenvalue weighted by molar-refractivity contribution is 5.52. The van der Waals surface area contributed by atoms with Crippen LogP contribution in [0.5, 0.6) is 17.2 Å². The minimum atomic E-state index is 0.0460. The number of hydrogen-bond donors (Lipinski definition) is 1. The van der Waals surface area contributed by atoms with Crippen molar-refractivity contribution in [2.24, 2.45) is 0 Å². The van der Waals surface area contributed by atoms with Crippen LogP contribution in [0.1, 0.15) is 5.56 Å². The van der Waals surface area contributed by atoms with E-state index in [4.69, 9.17) is 9.47 Å². The van der Waals surface area contributed by atoms with Crippen molar-refractivity contribution in [3.8, 4) is 17.2 Å². The summed E-state index contributed by atoms with van der Waals surface area (Å²) in [5, 5.41) is 9.85. The fourth-order valence-corrected chi connectivity index (χ4v) is 1.80. The number of phenols is 1. The molecule has 1 aromatic rings. The van der Waals surface area contributed by atoms with Crippen LogP contribution in [0.2, 0.25) is 0 Å². The Bertz CT molecular complexity index is 383. The van der Waals surface area contributed by atoms with E-state index in [-0.39, 0.29) is 5.75 Å². The third-order valence-electron chi connectivity index (χ3n) is 2.92. The first-order valence-corrected chi connectivity index (χ1v) is 6.25. The lowest BCUT2D eigenvalue weighted by Crippen LogP contribution is -2.28. The van der Waals surface area contributed by atoms with Crippen molar-refractivity contribution < 1.29 is 14.6 Å². The van der Waals surface area contributed by atoms with E-state index >= 15 is 0 Å². The molecule has 0 fully saturated rings. The van der Waals surface area contributed by atoms with Gasteiger partial charge in [0.1, 0.15) is 0 Å². The predicted molar refractivity (Wildman–Crippen MR) is 76.1 cm³/mol. The summed E-state index contributed by atoms with van der Waals surface area (Å²) in [6, 6.07) is 3.67. The number of phenolic OH excluding ortho intramolecular Hbond substituents is 1. The van der Waals surface area contributed by atoms with Crippen LogP contribution in [0.3, 0.4) is 0 Å². The zero-order chi connectivity index (χ0) is 14.4. The molecule has 0 amide bonds. The van der Waals surface area contributed by atoms with Crippen LogP contribution in [-0.4, -0.2) is 63.4 Å². The Balaban J connectivity index is 2.77. The molecule has 0 radical (unpaired) electrons. The van der Waals surface area contributed by atoms with Crippen LogP contribution in [-0.2, 0) is 6.54 Å². The molecular formula is C14H24N2O3. The van der Waals surface area contributed by atoms with Crippen LogP contribution >= 0.6 is 0 Å². The smallest absolute Gasteiger partial charge is 0.200 e. The quantitative estimate of drug-likeness (QED) is 0.810. The molecule has 1 aromatic carbocycles. The maximum absolute atomic E-state index is 9.85. The molecule has 0 aliphatic rings. The number of methoxy groups -OCH3 is 2. The number of rotatable bonds is 7. The maximum Gasteiger partial charge on any atom is 0.200 e. The highest BCUT2D eigenvalue weighted by atomic mass is 16.5. The van der Waals surface area contributed by atoms with Gasteiger partial charge in [-0.2, -0.15) is 0 Å². The monoisotopic (exact) mass is 268 g/mol. The molecule has 0 unspecified atom stereocenters. The van der Waals surface area contributed by atoms with Crippen LogP contribution in [0.4, 0.5) is 0 Å². The number of likely N-dealkylation sites (N-methyl/N-ethyl adjacent to an activating group) is 2. The van der Waals surface area contributed by atoms with E-state index in [2.05, 4.69) is 30.9 Å². The fourth-order valence-electron chi connectivity index (χ4n) is 1.80. The molecule has 1 rings (SSSR count). The summed E-state index contributed by atoms with van der Waals surface area (Å²) >= 11 is 0. The summed E-state index contributed by atoms with van der Waals surface area (Å²) in [5.74, 6) is 0.926. The second kappa shape index (κ2) is 7.21. The first kappa shape index (κ1) is 15.6. The molecule has 0 aliphatic carbocycles. The Kier molecular flexibility index (Phi) is 5.92. The fraction of sp³-hybridized carbons (Fsp3) is 0.571. The van der Waals surface area contributed by atoms with Gasteiger partial charge >= 0.3 is 0 Å². The molecule has 0 spiro atoms. The number of hydrogen-bond acceptors (Lipinski definition) is 5. The van der Waals surface area contributed by atoms with Crippen molar-refractivity contribution in [1.29, 1.82) is 0 Å². The molecule has 0 bridgehead atoms. The van der Waals surface area contributed by atoms with Gasteiger partial charge in [0, 0.05) is 19.6 Å². The molecule has 1 N–H and O–H groups in total. The van der Waals surface area contributed by atoms with E-state index < -0.39 is 0 Å². The van der Waals surface area contributed by atoms with Crippen LogP contribution < -0.4 is 9.47 Å². The third-order valence-corrected chi connectivity index (χ3v) is 2.92. The second-order valence-corrected chi connectivity index (χ2v) is 4.89. The lowest BCUT2D eigenvalue weighted by Gasteiger charge is -2.20. The van der Waals surface area contributed by atoms with Gasteiger partial charge < -0.3 is 24.4 Å². The van der Waals surface area contributed by atoms with Gasteiger partial charge in [-0.25, -0.2) is 0 Å². The van der Waals surface area contributed by atoms with Gasteiger partial charge in [-0.3, -0.25) is 0 Å². The van der Waals surface area contributed by atoms with Crippen LogP contribution in [0.25, 0.3) is 0 Å². The summed E-state index contributed by atoms with van der Waals surface area (Å²) in [7, 11) is 9.25. The standard InChI is InChI=1S/C14H24N2O3/c1-15(2)6-7-16(3)10-11-8-12(18-4)14(17)13(9-11)19-5/h8-9,17H,6-7,10H2,1-5H3. The van der Waals surface area contributed by atoms with Gasteiger partial charge in [0.2, 0.25) is 5.75 Å². The Morgan fingerprint density at radius 1 is 1.00 bits per heavy atom. The van der Waals surface area contributed by atoms with Crippen molar-refractivity contribution in [1.82, 2.24) is 9.80 Å². The van der Waals surface area contributed by atoms with Gasteiger partial charge in [0.25, 0.3) is 0 Å². The zero-order valence-electron chi connectivity index (χ0n) is 12.4. The molecule has 0 atom stereocenters. The van der Waals surface area contributed by atoms with Crippen molar-refractivity contribution >= 4 is 0 Å². The first-order valence-electron chi connectivity index (χ1n) is 6.25. The van der Waals surface area contributed by atoms with E-state index in [1.54, 1.807) is 0 Å². The summed E-state index contributed by atoms with van der Waals surface area (Å²) in [6.45, 7) is 2.75. The summed E-state index contributed by atoms with van der Waals surface area (Å²) in [6.07, 6.45) is 0. The van der Waals surface area contributed by atoms with Gasteiger partial charge in [-0.05, 0) is 38.8 Å². The SMILES string of the molecule is COc1cc(CN(C)CCN(C)C)cc(OC)c1O. The van der Waals surface area contributed by atoms with Crippen molar-refractivity contribution in [3.05, 3.63) is 17.7 Å². The van der Waals surface area contributed by atoms with E-state index in [0.29, 0.717) is 11.5 Å². The van der Waals surface area contributed by atoms with Gasteiger partial charge in [-0.15, -0.1) is 0 Å². The normalized spacial score (nSPS) is 11.1. The van der Waals surface area contributed by atoms with Gasteiger partial charge in [0.05, 0.1) is 14.2 Å². The van der Waals surface area contributed by atoms with Gasteiger partial charge in [-0.1, -0.05) is 0 Å². The van der Waals surface area contributed by atoms with Crippen LogP contribution in [0, 0.1) is 0 Å². The Labute approximate surface area is 115 Å². The molecule has 0 aromatic heterocycles. The Hall–Kier alpha value is -1.46. The molecule has 0 aliphatic heterocycles. The van der Waals surface area contributed by atoms with E-state index in [9.17, 15) is 5.11 Å². The topological polar surface area (TPSA) is 45.2 Å². The molecule has 0 saturated carbocycles. The zero-order valence-corrected chi connectivity index (χ0v) is 12.4. The molecular weight excluding hydrogens is 244 g/mol. The van der Waals surface area contributed by atoms with E-state index in [1.165, 1.54) is 14.2 Å². The molecule has 0 heterocycles. The molecule has 5 heteroatoms. The van der Waals surface area contributed by atoms with Crippen LogP contribution in [0.15, 0.2) is 12.1 Å². The lowest BCUT2D eigenvalue weighted by atomic mass is 10.1. The highest BCUT2D eigenvalue weighted by Gasteiger charge is 2.12. The number of aromatic hydroxyl groups is 1. The average Bonchev–Trinajstić information content (AvgIpc) is 2.38. The molecule has 0 saturated heterocycles. The highest BCUT2D eigenvalue weighted by Crippen LogP contribution is 2.37. The summed E-state index contributed by atoms with van der Waals surface area (Å²) in [5.41, 5.74) is 1.05.